The van der Waals surface area contributed by atoms with E-state index in [4.69, 9.17) is 11.6 Å². The molecule has 0 spiro atoms. The van der Waals surface area contributed by atoms with Crippen LogP contribution in [0.3, 0.4) is 0 Å². The van der Waals surface area contributed by atoms with Crippen molar-refractivity contribution in [3.8, 4) is 0 Å². The molecule has 0 aliphatic carbocycles. The first-order chi connectivity index (χ1) is 14.9. The van der Waals surface area contributed by atoms with E-state index in [2.05, 4.69) is 24.1 Å². The Balaban J connectivity index is 1.86. The molecule has 0 aliphatic rings. The van der Waals surface area contributed by atoms with Gasteiger partial charge in [-0.1, -0.05) is 40.2 Å². The number of nitrogens with zero attached hydrogens (tertiary/aromatic N) is 2. The Hall–Kier alpha value is -2.54. The summed E-state index contributed by atoms with van der Waals surface area (Å²) in [6.45, 7) is 0. The predicted octanol–water partition coefficient (Wildman–Crippen LogP) is 5.09. The summed E-state index contributed by atoms with van der Waals surface area (Å²) in [7, 11) is -7.42. The summed E-state index contributed by atoms with van der Waals surface area (Å²) in [6.07, 6.45) is -2.30. The maximum absolute atomic E-state index is 13.3. The molecule has 0 saturated heterocycles. The fourth-order valence-electron chi connectivity index (χ4n) is 2.70. The largest absolute Gasteiger partial charge is 0.399 e. The third-order valence-corrected chi connectivity index (χ3v) is 8.97. The number of halogens is 4. The van der Waals surface area contributed by atoms with Crippen LogP contribution in [0.5, 0.6) is 0 Å². The smallest absolute Gasteiger partial charge is 0.340 e. The van der Waals surface area contributed by atoms with Gasteiger partial charge in [0.05, 0.1) is 4.90 Å². The van der Waals surface area contributed by atoms with E-state index in [9.17, 15) is 21.6 Å². The molecule has 1 heterocycles. The minimum Gasteiger partial charge on any atom is -0.340 e. The Morgan fingerprint density at radius 3 is 2.22 bits per heavy atom. The topological polar surface area (TPSA) is 96.0 Å². The number of hydrogen-bond donors (Lipinski definition) is 3. The Morgan fingerprint density at radius 1 is 0.969 bits per heavy atom. The molecule has 3 aromatic rings. The fourth-order valence-corrected chi connectivity index (χ4v) is 7.36. The highest BCUT2D eigenvalue weighted by Crippen LogP contribution is 2.46. The molecule has 0 radical (unpaired) electrons. The van der Waals surface area contributed by atoms with Gasteiger partial charge in [0, 0.05) is 16.8 Å². The number of aromatic nitrogens is 2. The highest BCUT2D eigenvalue weighted by atomic mass is 35.5. The molecule has 3 N–H and O–H groups in total. The van der Waals surface area contributed by atoms with Gasteiger partial charge in [-0.15, -0.1) is 0 Å². The molecule has 172 valence electrons. The normalized spacial score (nSPS) is 14.9. The van der Waals surface area contributed by atoms with E-state index in [1.54, 1.807) is 30.3 Å². The molecule has 0 bridgehead atoms. The standard InChI is InChI=1S/C19H19ClF3N5O2S2/c1-31(12-19(21,22)23,28-32(29,30)16-5-3-2-4-6-16)27-18-11-17(24-13-25-18)26-15-9-7-14(20)8-10-15/h2-11,13,28H,12H2,1H3,(H2,24,25,26,27). The molecule has 32 heavy (non-hydrogen) atoms. The molecule has 1 aromatic heterocycles. The molecular formula is C19H19ClF3N5O2S2. The van der Waals surface area contributed by atoms with Crippen LogP contribution in [0, 0.1) is 0 Å². The van der Waals surface area contributed by atoms with E-state index in [-0.39, 0.29) is 10.7 Å². The summed E-state index contributed by atoms with van der Waals surface area (Å²) in [4.78, 5) is 7.84. The molecule has 13 heteroatoms. The SMILES string of the molecule is CS(CC(F)(F)F)(Nc1cc(Nc2ccc(Cl)cc2)ncn1)NS(=O)(=O)c1ccccc1. The number of hydrogen-bond acceptors (Lipinski definition) is 6. The molecule has 1 atom stereocenters. The van der Waals surface area contributed by atoms with E-state index < -0.39 is 32.4 Å². The van der Waals surface area contributed by atoms with Crippen molar-refractivity contribution < 1.29 is 21.6 Å². The van der Waals surface area contributed by atoms with E-state index in [0.29, 0.717) is 16.5 Å². The van der Waals surface area contributed by atoms with Gasteiger partial charge in [-0.25, -0.2) is 18.4 Å². The van der Waals surface area contributed by atoms with Crippen LogP contribution in [0.25, 0.3) is 0 Å². The lowest BCUT2D eigenvalue weighted by atomic mass is 10.3. The monoisotopic (exact) mass is 505 g/mol. The van der Waals surface area contributed by atoms with E-state index in [1.165, 1.54) is 36.6 Å². The van der Waals surface area contributed by atoms with Crippen LogP contribution in [0.2, 0.25) is 5.02 Å². The van der Waals surface area contributed by atoms with Crippen molar-refractivity contribution >= 4 is 49.3 Å². The first-order valence-corrected chi connectivity index (χ1v) is 13.1. The van der Waals surface area contributed by atoms with E-state index in [1.807, 2.05) is 0 Å². The lowest BCUT2D eigenvalue weighted by Crippen LogP contribution is -2.38. The maximum atomic E-state index is 13.3. The minimum atomic E-state index is -4.63. The number of benzene rings is 2. The van der Waals surface area contributed by atoms with Gasteiger partial charge in [0.1, 0.15) is 23.7 Å². The van der Waals surface area contributed by atoms with Crippen molar-refractivity contribution in [2.75, 3.05) is 22.0 Å². The quantitative estimate of drug-likeness (QED) is 0.394. The average Bonchev–Trinajstić information content (AvgIpc) is 2.68. The zero-order chi connectivity index (χ0) is 23.4. The van der Waals surface area contributed by atoms with E-state index in [0.717, 1.165) is 6.33 Å². The second kappa shape index (κ2) is 9.53. The molecule has 1 unspecified atom stereocenters. The average molecular weight is 506 g/mol. The van der Waals surface area contributed by atoms with Gasteiger partial charge in [0.25, 0.3) is 0 Å². The van der Waals surface area contributed by atoms with Crippen LogP contribution in [0.1, 0.15) is 0 Å². The lowest BCUT2D eigenvalue weighted by Gasteiger charge is -2.37. The number of rotatable bonds is 8. The zero-order valence-corrected chi connectivity index (χ0v) is 19.0. The summed E-state index contributed by atoms with van der Waals surface area (Å²) in [6, 6.07) is 15.3. The van der Waals surface area contributed by atoms with Gasteiger partial charge in [-0.2, -0.15) is 17.3 Å². The van der Waals surface area contributed by atoms with Crippen molar-refractivity contribution in [2.24, 2.45) is 0 Å². The maximum Gasteiger partial charge on any atom is 0.399 e. The van der Waals surface area contributed by atoms with Crippen molar-refractivity contribution in [3.63, 3.8) is 0 Å². The van der Waals surface area contributed by atoms with Crippen LogP contribution in [0.4, 0.5) is 30.5 Å². The van der Waals surface area contributed by atoms with Crippen LogP contribution < -0.4 is 14.2 Å². The summed E-state index contributed by atoms with van der Waals surface area (Å²) in [5.74, 6) is -1.09. The molecular weight excluding hydrogens is 487 g/mol. The number of alkyl halides is 3. The second-order valence-corrected chi connectivity index (χ2v) is 12.0. The fraction of sp³-hybridized carbons (Fsp3) is 0.158. The number of anilines is 3. The van der Waals surface area contributed by atoms with Gasteiger partial charge >= 0.3 is 6.18 Å². The Bertz CT molecular complexity index is 1170. The highest BCUT2D eigenvalue weighted by molar-refractivity contribution is 8.36. The van der Waals surface area contributed by atoms with Crippen molar-refractivity contribution in [1.29, 1.82) is 0 Å². The molecule has 7 nitrogen and oxygen atoms in total. The summed E-state index contributed by atoms with van der Waals surface area (Å²) < 4.78 is 70.2. The van der Waals surface area contributed by atoms with Crippen molar-refractivity contribution in [1.82, 2.24) is 14.1 Å². The number of nitrogens with one attached hydrogen (secondary N) is 3. The van der Waals surface area contributed by atoms with Crippen molar-refractivity contribution in [2.45, 2.75) is 11.1 Å². The third-order valence-electron chi connectivity index (χ3n) is 3.91. The molecule has 0 fully saturated rings. The Morgan fingerprint density at radius 2 is 1.59 bits per heavy atom. The minimum absolute atomic E-state index is 0.0222. The van der Waals surface area contributed by atoms with Gasteiger partial charge in [-0.05, 0) is 42.7 Å². The second-order valence-electron chi connectivity index (χ2n) is 6.77. The van der Waals surface area contributed by atoms with Gasteiger partial charge in [0.2, 0.25) is 10.0 Å². The summed E-state index contributed by atoms with van der Waals surface area (Å²) in [5, 5.41) is 3.52. The van der Waals surface area contributed by atoms with Gasteiger partial charge in [-0.3, -0.25) is 0 Å². The molecule has 0 saturated carbocycles. The predicted molar refractivity (Wildman–Crippen MR) is 122 cm³/mol. The Labute approximate surface area is 190 Å². The van der Waals surface area contributed by atoms with Crippen LogP contribution in [-0.2, 0) is 10.0 Å². The summed E-state index contributed by atoms with van der Waals surface area (Å²) >= 11 is 5.85. The molecule has 0 aliphatic heterocycles. The van der Waals surface area contributed by atoms with Crippen LogP contribution in [-0.4, -0.2) is 36.6 Å². The van der Waals surface area contributed by atoms with Crippen molar-refractivity contribution in [3.05, 3.63) is 72.0 Å². The van der Waals surface area contributed by atoms with Gasteiger partial charge in [0.15, 0.2) is 0 Å². The van der Waals surface area contributed by atoms with Crippen LogP contribution in [0.15, 0.2) is 71.9 Å². The Kier molecular flexibility index (Phi) is 7.18. The highest BCUT2D eigenvalue weighted by Gasteiger charge is 2.39. The first kappa shape index (κ1) is 24.1. The van der Waals surface area contributed by atoms with Gasteiger partial charge < -0.3 is 10.0 Å². The third kappa shape index (κ3) is 6.99. The first-order valence-electron chi connectivity index (χ1n) is 8.98. The molecule has 3 rings (SSSR count). The van der Waals surface area contributed by atoms with Crippen LogP contribution >= 0.6 is 22.0 Å². The molecule has 0 amide bonds. The lowest BCUT2D eigenvalue weighted by molar-refractivity contribution is -0.105. The molecule has 2 aromatic carbocycles. The summed E-state index contributed by atoms with van der Waals surface area (Å²) in [5.41, 5.74) is 0.647. The zero-order valence-electron chi connectivity index (χ0n) is 16.6. The van der Waals surface area contributed by atoms with E-state index >= 15 is 0 Å². The number of sulfonamides is 1.